The number of nitrogens with zero attached hydrogens (tertiary/aromatic N) is 2. The normalized spacial score (nSPS) is 11.5. The van der Waals surface area contributed by atoms with Crippen LogP contribution in [-0.2, 0) is 16.6 Å². The van der Waals surface area contributed by atoms with E-state index in [1.165, 1.54) is 12.1 Å². The number of carboxylic acids is 1. The average molecular weight is 332 g/mol. The molecule has 0 atom stereocenters. The van der Waals surface area contributed by atoms with Crippen LogP contribution in [0.5, 0.6) is 0 Å². The zero-order valence-electron chi connectivity index (χ0n) is 10.7. The van der Waals surface area contributed by atoms with Gasteiger partial charge in [0.15, 0.2) is 5.82 Å². The fourth-order valence-corrected chi connectivity index (χ4v) is 2.70. The van der Waals surface area contributed by atoms with Crippen molar-refractivity contribution >= 4 is 27.6 Å². The monoisotopic (exact) mass is 331 g/mol. The van der Waals surface area contributed by atoms with Crippen LogP contribution in [0.1, 0.15) is 22.1 Å². The van der Waals surface area contributed by atoms with Gasteiger partial charge in [-0.05, 0) is 18.2 Å². The molecule has 2 rings (SSSR count). The summed E-state index contributed by atoms with van der Waals surface area (Å²) in [5, 5.41) is 12.4. The molecule has 112 valence electrons. The lowest BCUT2D eigenvalue weighted by Gasteiger charge is -2.06. The molecule has 0 spiro atoms. The van der Waals surface area contributed by atoms with Crippen molar-refractivity contribution in [2.45, 2.75) is 18.4 Å². The maximum absolute atomic E-state index is 12.1. The van der Waals surface area contributed by atoms with Crippen LogP contribution in [0, 0.1) is 6.92 Å². The number of hydrogen-bond acceptors (Lipinski definition) is 6. The largest absolute Gasteiger partial charge is 0.478 e. The molecule has 0 amide bonds. The lowest BCUT2D eigenvalue weighted by Crippen LogP contribution is -2.24. The Kier molecular flexibility index (Phi) is 4.26. The van der Waals surface area contributed by atoms with E-state index in [0.29, 0.717) is 5.89 Å². The molecule has 0 bridgehead atoms. The van der Waals surface area contributed by atoms with Crippen LogP contribution in [0.4, 0.5) is 0 Å². The first-order valence-electron chi connectivity index (χ1n) is 5.61. The molecule has 0 aliphatic rings. The maximum atomic E-state index is 12.1. The van der Waals surface area contributed by atoms with Gasteiger partial charge < -0.3 is 9.63 Å². The van der Waals surface area contributed by atoms with Gasteiger partial charge in [-0.3, -0.25) is 0 Å². The molecule has 0 unspecified atom stereocenters. The summed E-state index contributed by atoms with van der Waals surface area (Å²) in [5.41, 5.74) is -0.296. The zero-order chi connectivity index (χ0) is 15.6. The van der Waals surface area contributed by atoms with Crippen molar-refractivity contribution in [2.75, 3.05) is 0 Å². The highest BCUT2D eigenvalue weighted by atomic mass is 35.5. The van der Waals surface area contributed by atoms with Gasteiger partial charge in [0, 0.05) is 6.92 Å². The molecule has 21 heavy (non-hydrogen) atoms. The van der Waals surface area contributed by atoms with Crippen molar-refractivity contribution < 1.29 is 22.8 Å². The van der Waals surface area contributed by atoms with Gasteiger partial charge >= 0.3 is 5.97 Å². The third-order valence-electron chi connectivity index (χ3n) is 2.47. The van der Waals surface area contributed by atoms with Crippen LogP contribution in [-0.4, -0.2) is 29.6 Å². The number of aromatic carboxylic acids is 1. The molecule has 2 aromatic rings. The van der Waals surface area contributed by atoms with Gasteiger partial charge in [-0.2, -0.15) is 4.98 Å². The van der Waals surface area contributed by atoms with Gasteiger partial charge in [-0.1, -0.05) is 16.8 Å². The first kappa shape index (κ1) is 15.4. The Bertz CT molecular complexity index is 787. The number of aromatic nitrogens is 2. The van der Waals surface area contributed by atoms with E-state index >= 15 is 0 Å². The molecule has 0 aliphatic carbocycles. The summed E-state index contributed by atoms with van der Waals surface area (Å²) >= 11 is 5.69. The highest BCUT2D eigenvalue weighted by molar-refractivity contribution is 7.89. The molecular formula is C11H10ClN3O5S. The minimum atomic E-state index is -3.92. The van der Waals surface area contributed by atoms with E-state index in [-0.39, 0.29) is 27.9 Å². The Morgan fingerprint density at radius 2 is 2.19 bits per heavy atom. The Morgan fingerprint density at radius 1 is 1.48 bits per heavy atom. The van der Waals surface area contributed by atoms with E-state index in [9.17, 15) is 13.2 Å². The number of nitrogens with one attached hydrogen (secondary N) is 1. The van der Waals surface area contributed by atoms with Gasteiger partial charge in [-0.25, -0.2) is 17.9 Å². The minimum absolute atomic E-state index is 0.0461. The summed E-state index contributed by atoms with van der Waals surface area (Å²) in [6.45, 7) is 1.40. The summed E-state index contributed by atoms with van der Waals surface area (Å²) in [4.78, 5) is 14.6. The second-order valence-electron chi connectivity index (χ2n) is 4.00. The van der Waals surface area contributed by atoms with Crippen molar-refractivity contribution in [1.82, 2.24) is 14.9 Å². The highest BCUT2D eigenvalue weighted by Crippen LogP contribution is 2.20. The van der Waals surface area contributed by atoms with Crippen LogP contribution < -0.4 is 4.72 Å². The van der Waals surface area contributed by atoms with Gasteiger partial charge in [0.25, 0.3) is 0 Å². The van der Waals surface area contributed by atoms with E-state index in [2.05, 4.69) is 14.9 Å². The van der Waals surface area contributed by atoms with Crippen molar-refractivity contribution in [3.8, 4) is 0 Å². The number of benzene rings is 1. The number of rotatable bonds is 5. The molecule has 1 heterocycles. The number of sulfonamides is 1. The topological polar surface area (TPSA) is 122 Å². The van der Waals surface area contributed by atoms with Crippen LogP contribution in [0.15, 0.2) is 27.6 Å². The maximum Gasteiger partial charge on any atom is 0.337 e. The molecule has 0 saturated heterocycles. The third-order valence-corrected chi connectivity index (χ3v) is 4.20. The van der Waals surface area contributed by atoms with E-state index in [1.54, 1.807) is 6.92 Å². The van der Waals surface area contributed by atoms with Gasteiger partial charge in [0.2, 0.25) is 15.9 Å². The summed E-state index contributed by atoms with van der Waals surface area (Å²) in [7, 11) is -3.92. The Morgan fingerprint density at radius 3 is 2.76 bits per heavy atom. The Balaban J connectivity index is 2.23. The fourth-order valence-electron chi connectivity index (χ4n) is 1.49. The van der Waals surface area contributed by atoms with E-state index in [0.717, 1.165) is 6.07 Å². The van der Waals surface area contributed by atoms with Crippen molar-refractivity contribution in [3.63, 3.8) is 0 Å². The second kappa shape index (κ2) is 5.80. The smallest absolute Gasteiger partial charge is 0.337 e. The number of aryl methyl sites for hydroxylation is 1. The predicted octanol–water partition coefficient (Wildman–Crippen LogP) is 1.21. The first-order valence-corrected chi connectivity index (χ1v) is 7.47. The van der Waals surface area contributed by atoms with Crippen molar-refractivity contribution in [2.24, 2.45) is 0 Å². The van der Waals surface area contributed by atoms with Gasteiger partial charge in [-0.15, -0.1) is 0 Å². The molecule has 0 radical (unpaired) electrons. The van der Waals surface area contributed by atoms with Crippen LogP contribution in [0.3, 0.4) is 0 Å². The molecule has 10 heteroatoms. The lowest BCUT2D eigenvalue weighted by atomic mass is 10.2. The number of carboxylic acid groups (broad SMARTS) is 1. The van der Waals surface area contributed by atoms with Crippen LogP contribution in [0.25, 0.3) is 0 Å². The van der Waals surface area contributed by atoms with Crippen molar-refractivity contribution in [3.05, 3.63) is 40.5 Å². The van der Waals surface area contributed by atoms with E-state index in [4.69, 9.17) is 21.2 Å². The number of carbonyl (C=O) groups is 1. The molecule has 8 nitrogen and oxygen atoms in total. The summed E-state index contributed by atoms with van der Waals surface area (Å²) in [6.07, 6.45) is 0. The zero-order valence-corrected chi connectivity index (χ0v) is 12.3. The van der Waals surface area contributed by atoms with Crippen LogP contribution >= 0.6 is 11.6 Å². The Labute approximate surface area is 124 Å². The second-order valence-corrected chi connectivity index (χ2v) is 6.18. The molecule has 0 fully saturated rings. The fraction of sp³-hybridized carbons (Fsp3) is 0.182. The first-order chi connectivity index (χ1) is 9.79. The summed E-state index contributed by atoms with van der Waals surface area (Å²) in [6, 6.07) is 3.39. The summed E-state index contributed by atoms with van der Waals surface area (Å²) in [5.74, 6) is -0.835. The minimum Gasteiger partial charge on any atom is -0.478 e. The number of hydrogen-bond donors (Lipinski definition) is 2. The van der Waals surface area contributed by atoms with Crippen molar-refractivity contribution in [1.29, 1.82) is 0 Å². The van der Waals surface area contributed by atoms with E-state index < -0.39 is 16.0 Å². The average Bonchev–Trinajstić information content (AvgIpc) is 2.82. The molecule has 1 aromatic carbocycles. The van der Waals surface area contributed by atoms with Crippen LogP contribution in [0.2, 0.25) is 5.02 Å². The third kappa shape index (κ3) is 3.57. The van der Waals surface area contributed by atoms with Gasteiger partial charge in [0.05, 0.1) is 22.0 Å². The summed E-state index contributed by atoms with van der Waals surface area (Å²) < 4.78 is 31.1. The standard InChI is InChI=1S/C11H10ClN3O5S/c1-6-14-10(15-20-6)5-13-21(18,19)7-2-3-9(12)8(4-7)11(16)17/h2-4,13H,5H2,1H3,(H,16,17). The Hall–Kier alpha value is -1.97. The predicted molar refractivity (Wildman–Crippen MR) is 71.5 cm³/mol. The SMILES string of the molecule is Cc1nc(CNS(=O)(=O)c2ccc(Cl)c(C(=O)O)c2)no1. The molecule has 0 saturated carbocycles. The van der Waals surface area contributed by atoms with E-state index in [1.807, 2.05) is 0 Å². The molecular weight excluding hydrogens is 322 g/mol. The van der Waals surface area contributed by atoms with Gasteiger partial charge in [0.1, 0.15) is 0 Å². The molecule has 1 aromatic heterocycles. The highest BCUT2D eigenvalue weighted by Gasteiger charge is 2.19. The quantitative estimate of drug-likeness (QED) is 0.844. The number of halogens is 1. The molecule has 0 aliphatic heterocycles. The lowest BCUT2D eigenvalue weighted by molar-refractivity contribution is 0.0697. The molecule has 2 N–H and O–H groups in total.